The van der Waals surface area contributed by atoms with E-state index in [2.05, 4.69) is 39.2 Å². The number of carbonyl (C=O) groups is 1. The summed E-state index contributed by atoms with van der Waals surface area (Å²) in [5.41, 5.74) is 3.49. The molecule has 44 heavy (non-hydrogen) atoms. The monoisotopic (exact) mass is 595 g/mol. The second kappa shape index (κ2) is 18.2. The van der Waals surface area contributed by atoms with Gasteiger partial charge in [-0.05, 0) is 69.5 Å². The van der Waals surface area contributed by atoms with Gasteiger partial charge in [-0.1, -0.05) is 80.3 Å². The van der Waals surface area contributed by atoms with E-state index in [1.807, 2.05) is 72.9 Å². The minimum Gasteiger partial charge on any atom is -0.443 e. The van der Waals surface area contributed by atoms with Crippen molar-refractivity contribution in [3.05, 3.63) is 84.7 Å². The van der Waals surface area contributed by atoms with Crippen LogP contribution in [0.1, 0.15) is 70.4 Å². The molecule has 1 N–H and O–H groups in total. The Bertz CT molecular complexity index is 1290. The molecule has 0 radical (unpaired) electrons. The van der Waals surface area contributed by atoms with E-state index in [0.717, 1.165) is 81.0 Å². The zero-order chi connectivity index (χ0) is 30.9. The van der Waals surface area contributed by atoms with Crippen LogP contribution >= 0.6 is 0 Å². The Labute approximate surface area is 264 Å². The summed E-state index contributed by atoms with van der Waals surface area (Å²) in [7, 11) is 0. The van der Waals surface area contributed by atoms with Gasteiger partial charge < -0.3 is 14.5 Å². The van der Waals surface area contributed by atoms with Crippen molar-refractivity contribution in [1.82, 2.24) is 14.8 Å². The van der Waals surface area contributed by atoms with Crippen molar-refractivity contribution in [3.8, 4) is 17.2 Å². The molecule has 1 amide bonds. The predicted octanol–water partition coefficient (Wildman–Crippen LogP) is 7.95. The van der Waals surface area contributed by atoms with Gasteiger partial charge in [0.25, 0.3) is 0 Å². The van der Waals surface area contributed by atoms with Gasteiger partial charge in [0.2, 0.25) is 0 Å². The van der Waals surface area contributed by atoms with E-state index in [1.165, 1.54) is 38.5 Å². The Morgan fingerprint density at radius 2 is 1.61 bits per heavy atom. The van der Waals surface area contributed by atoms with Gasteiger partial charge in [-0.15, -0.1) is 0 Å². The third-order valence-corrected chi connectivity index (χ3v) is 8.65. The molecule has 0 unspecified atom stereocenters. The number of benzene rings is 2. The predicted molar refractivity (Wildman–Crippen MR) is 178 cm³/mol. The molecule has 1 saturated heterocycles. The smallest absolute Gasteiger partial charge is 0.412 e. The number of unbranched alkanes of at least 4 members (excludes halogenated alkanes) is 5. The number of nitrogens with zero attached hydrogens (tertiary/aromatic N) is 4. The molecule has 3 aromatic rings. The molecular formula is C37H49N5O2. The van der Waals surface area contributed by atoms with Crippen LogP contribution in [0.3, 0.4) is 0 Å². The van der Waals surface area contributed by atoms with Crippen molar-refractivity contribution < 1.29 is 9.53 Å². The van der Waals surface area contributed by atoms with Crippen LogP contribution in [0.4, 0.5) is 10.5 Å². The maximum Gasteiger partial charge on any atom is 0.412 e. The van der Waals surface area contributed by atoms with Gasteiger partial charge in [-0.2, -0.15) is 5.26 Å². The van der Waals surface area contributed by atoms with E-state index in [1.54, 1.807) is 0 Å². The lowest BCUT2D eigenvalue weighted by atomic mass is 9.93. The molecule has 2 aromatic carbocycles. The van der Waals surface area contributed by atoms with Gasteiger partial charge in [-0.25, -0.2) is 4.79 Å². The van der Waals surface area contributed by atoms with E-state index in [0.29, 0.717) is 6.42 Å². The molecule has 0 atom stereocenters. The summed E-state index contributed by atoms with van der Waals surface area (Å²) in [5.74, 6) is 0. The maximum atomic E-state index is 12.9. The number of hydrogen-bond acceptors (Lipinski definition) is 6. The van der Waals surface area contributed by atoms with E-state index in [4.69, 9.17) is 10.00 Å². The number of para-hydroxylation sites is 1. The van der Waals surface area contributed by atoms with Crippen LogP contribution in [0.15, 0.2) is 79.0 Å². The van der Waals surface area contributed by atoms with Gasteiger partial charge in [0, 0.05) is 56.5 Å². The standard InChI is InChI=1S/C37H49N5O2/c1-37(44-36(43)40-35-20-10-9-19-34(35)32-16-7-6-8-17-32)22-30-42(31-23-37)27-14-5-3-2-4-13-26-41(28-15-24-38)29-21-33-18-11-12-25-39-33/h6-12,16-20,25H,2-5,13-15,21-23,26-31H2,1H3,(H,40,43). The molecule has 1 aromatic heterocycles. The fraction of sp³-hybridized carbons (Fsp3) is 0.486. The minimum atomic E-state index is -0.443. The highest BCUT2D eigenvalue weighted by Crippen LogP contribution is 2.30. The van der Waals surface area contributed by atoms with Gasteiger partial charge >= 0.3 is 6.09 Å². The number of piperidine rings is 1. The fourth-order valence-electron chi connectivity index (χ4n) is 5.91. The van der Waals surface area contributed by atoms with Crippen LogP contribution in [-0.2, 0) is 11.2 Å². The fourth-order valence-corrected chi connectivity index (χ4v) is 5.91. The topological polar surface area (TPSA) is 81.5 Å². The van der Waals surface area contributed by atoms with Gasteiger partial charge in [0.1, 0.15) is 5.60 Å². The molecule has 234 valence electrons. The second-order valence-electron chi connectivity index (χ2n) is 12.2. The van der Waals surface area contributed by atoms with Crippen molar-refractivity contribution >= 4 is 11.8 Å². The zero-order valence-corrected chi connectivity index (χ0v) is 26.4. The van der Waals surface area contributed by atoms with Crippen LogP contribution in [0, 0.1) is 11.3 Å². The van der Waals surface area contributed by atoms with E-state index < -0.39 is 5.60 Å². The lowest BCUT2D eigenvalue weighted by Gasteiger charge is -2.38. The summed E-state index contributed by atoms with van der Waals surface area (Å²) < 4.78 is 5.98. The Balaban J connectivity index is 1.06. The number of rotatable bonds is 17. The molecule has 1 aliphatic rings. The SMILES string of the molecule is CC1(OC(=O)Nc2ccccc2-c2ccccc2)CCN(CCCCCCCCN(CCC#N)CCc2ccccn2)CC1. The molecule has 2 heterocycles. The van der Waals surface area contributed by atoms with Crippen molar-refractivity contribution in [3.63, 3.8) is 0 Å². The second-order valence-corrected chi connectivity index (χ2v) is 12.2. The van der Waals surface area contributed by atoms with Gasteiger partial charge in [-0.3, -0.25) is 10.3 Å². The number of hydrogen-bond donors (Lipinski definition) is 1. The first-order chi connectivity index (χ1) is 21.5. The average Bonchev–Trinajstić information content (AvgIpc) is 3.05. The minimum absolute atomic E-state index is 0.384. The molecule has 0 saturated carbocycles. The highest BCUT2D eigenvalue weighted by atomic mass is 16.6. The van der Waals surface area contributed by atoms with Gasteiger partial charge in [0.15, 0.2) is 0 Å². The lowest BCUT2D eigenvalue weighted by molar-refractivity contribution is -0.0163. The van der Waals surface area contributed by atoms with Crippen molar-refractivity contribution in [1.29, 1.82) is 5.26 Å². The molecule has 0 aliphatic carbocycles. The Hall–Kier alpha value is -3.73. The van der Waals surface area contributed by atoms with Crippen LogP contribution < -0.4 is 5.32 Å². The summed E-state index contributed by atoms with van der Waals surface area (Å²) in [5, 5.41) is 12.0. The van der Waals surface area contributed by atoms with Crippen LogP contribution in [-0.4, -0.2) is 65.7 Å². The number of nitriles is 1. The molecule has 7 heteroatoms. The third-order valence-electron chi connectivity index (χ3n) is 8.65. The molecule has 1 fully saturated rings. The number of anilines is 1. The van der Waals surface area contributed by atoms with Crippen LogP contribution in [0.25, 0.3) is 11.1 Å². The number of aromatic nitrogens is 1. The molecule has 4 rings (SSSR count). The summed E-state index contributed by atoms with van der Waals surface area (Å²) in [6.45, 7) is 7.96. The Morgan fingerprint density at radius 3 is 2.36 bits per heavy atom. The first-order valence-corrected chi connectivity index (χ1v) is 16.4. The largest absolute Gasteiger partial charge is 0.443 e. The Morgan fingerprint density at radius 1 is 0.909 bits per heavy atom. The van der Waals surface area contributed by atoms with Crippen LogP contribution in [0.5, 0.6) is 0 Å². The summed E-state index contributed by atoms with van der Waals surface area (Å²) in [6, 6.07) is 26.3. The number of carbonyl (C=O) groups excluding carboxylic acids is 1. The number of ether oxygens (including phenoxy) is 1. The van der Waals surface area contributed by atoms with Crippen molar-refractivity contribution in [2.45, 2.75) is 76.7 Å². The Kier molecular flexibility index (Phi) is 13.7. The summed E-state index contributed by atoms with van der Waals surface area (Å²) >= 11 is 0. The molecular weight excluding hydrogens is 546 g/mol. The quantitative estimate of drug-likeness (QED) is 0.160. The van der Waals surface area contributed by atoms with Gasteiger partial charge in [0.05, 0.1) is 11.8 Å². The number of amides is 1. The summed E-state index contributed by atoms with van der Waals surface area (Å²) in [4.78, 5) is 22.2. The lowest BCUT2D eigenvalue weighted by Crippen LogP contribution is -2.46. The third kappa shape index (κ3) is 11.4. The highest BCUT2D eigenvalue weighted by molar-refractivity contribution is 5.91. The molecule has 0 bridgehead atoms. The van der Waals surface area contributed by atoms with E-state index in [-0.39, 0.29) is 6.09 Å². The summed E-state index contributed by atoms with van der Waals surface area (Å²) in [6.07, 6.45) is 12.1. The number of nitrogens with one attached hydrogen (secondary N) is 1. The molecule has 7 nitrogen and oxygen atoms in total. The number of pyridine rings is 1. The van der Waals surface area contributed by atoms with Crippen molar-refractivity contribution in [2.24, 2.45) is 0 Å². The first-order valence-electron chi connectivity index (χ1n) is 16.4. The van der Waals surface area contributed by atoms with E-state index >= 15 is 0 Å². The maximum absolute atomic E-state index is 12.9. The highest BCUT2D eigenvalue weighted by Gasteiger charge is 2.33. The first kappa shape index (κ1) is 33.2. The zero-order valence-electron chi connectivity index (χ0n) is 26.4. The van der Waals surface area contributed by atoms with E-state index in [9.17, 15) is 4.79 Å². The normalized spacial score (nSPS) is 14.7. The van der Waals surface area contributed by atoms with Crippen molar-refractivity contribution in [2.75, 3.05) is 44.6 Å². The average molecular weight is 596 g/mol. The van der Waals surface area contributed by atoms with Crippen LogP contribution in [0.2, 0.25) is 0 Å². The molecule has 1 aliphatic heterocycles. The number of likely N-dealkylation sites (tertiary alicyclic amines) is 1. The molecule has 0 spiro atoms.